The molecule has 1 atom stereocenters. The first-order chi connectivity index (χ1) is 8.20. The highest BCUT2D eigenvalue weighted by atomic mass is 79.9. The molecule has 6 heteroatoms. The summed E-state index contributed by atoms with van der Waals surface area (Å²) in [6.45, 7) is 2.66. The number of hydrogen-bond acceptors (Lipinski definition) is 4. The van der Waals surface area contributed by atoms with Crippen molar-refractivity contribution < 1.29 is 4.79 Å². The Morgan fingerprint density at radius 2 is 2.47 bits per heavy atom. The molecule has 0 bridgehead atoms. The van der Waals surface area contributed by atoms with Gasteiger partial charge in [0.15, 0.2) is 0 Å². The van der Waals surface area contributed by atoms with Crippen molar-refractivity contribution in [2.24, 2.45) is 5.73 Å². The quantitative estimate of drug-likeness (QED) is 0.884. The van der Waals surface area contributed by atoms with E-state index in [1.165, 1.54) is 4.88 Å². The molecule has 3 N–H and O–H groups in total. The Morgan fingerprint density at radius 1 is 1.65 bits per heavy atom. The molecule has 0 radical (unpaired) electrons. The van der Waals surface area contributed by atoms with Crippen molar-refractivity contribution in [1.82, 2.24) is 10.2 Å². The first kappa shape index (κ1) is 13.0. The third-order valence-corrected chi connectivity index (χ3v) is 4.67. The maximum absolute atomic E-state index is 11.6. The van der Waals surface area contributed by atoms with Crippen LogP contribution in [0.3, 0.4) is 0 Å². The lowest BCUT2D eigenvalue weighted by Crippen LogP contribution is -2.38. The molecule has 1 aromatic heterocycles. The van der Waals surface area contributed by atoms with Gasteiger partial charge in [0.05, 0.1) is 12.6 Å². The van der Waals surface area contributed by atoms with E-state index in [2.05, 4.69) is 37.6 Å². The van der Waals surface area contributed by atoms with Crippen molar-refractivity contribution >= 4 is 33.2 Å². The fraction of sp³-hybridized carbons (Fsp3) is 0.545. The van der Waals surface area contributed by atoms with E-state index < -0.39 is 0 Å². The monoisotopic (exact) mass is 317 g/mol. The van der Waals surface area contributed by atoms with Crippen LogP contribution in [0.4, 0.5) is 0 Å². The van der Waals surface area contributed by atoms with Crippen molar-refractivity contribution in [3.8, 4) is 0 Å². The van der Waals surface area contributed by atoms with E-state index in [1.807, 2.05) is 0 Å². The molecule has 0 spiro atoms. The highest BCUT2D eigenvalue weighted by molar-refractivity contribution is 9.10. The summed E-state index contributed by atoms with van der Waals surface area (Å²) in [7, 11) is 0. The number of carbonyl (C=O) groups excluding carboxylic acids is 1. The molecule has 4 nitrogen and oxygen atoms in total. The van der Waals surface area contributed by atoms with Crippen LogP contribution in [0, 0.1) is 0 Å². The summed E-state index contributed by atoms with van der Waals surface area (Å²) in [5.74, 6) is 0.0940. The topological polar surface area (TPSA) is 58.4 Å². The summed E-state index contributed by atoms with van der Waals surface area (Å²) in [4.78, 5) is 14.9. The second-order valence-corrected chi connectivity index (χ2v) is 5.95. The molecule has 17 heavy (non-hydrogen) atoms. The fourth-order valence-electron chi connectivity index (χ4n) is 2.04. The van der Waals surface area contributed by atoms with Gasteiger partial charge >= 0.3 is 0 Å². The number of nitrogens with zero attached hydrogens (tertiary/aromatic N) is 1. The zero-order chi connectivity index (χ0) is 12.3. The summed E-state index contributed by atoms with van der Waals surface area (Å²) in [5.41, 5.74) is 5.86. The molecule has 1 fully saturated rings. The number of halogens is 1. The summed E-state index contributed by atoms with van der Waals surface area (Å²) < 4.78 is 1.08. The molecule has 0 saturated carbocycles. The second-order valence-electron chi connectivity index (χ2n) is 4.09. The molecule has 2 heterocycles. The standard InChI is InChI=1S/C11H16BrN3OS/c12-8-4-10(17-7-8)9(5-13)15-3-1-2-14-11(16)6-15/h4,7,9H,1-3,5-6,13H2,(H,14,16). The molecular formula is C11H16BrN3OS. The zero-order valence-corrected chi connectivity index (χ0v) is 11.9. The van der Waals surface area contributed by atoms with Gasteiger partial charge in [0.25, 0.3) is 0 Å². The van der Waals surface area contributed by atoms with Crippen LogP contribution >= 0.6 is 27.3 Å². The molecule has 0 aliphatic carbocycles. The lowest BCUT2D eigenvalue weighted by molar-refractivity contribution is -0.121. The Bertz CT molecular complexity index is 396. The van der Waals surface area contributed by atoms with Crippen molar-refractivity contribution in [2.75, 3.05) is 26.2 Å². The van der Waals surface area contributed by atoms with Crippen molar-refractivity contribution in [3.63, 3.8) is 0 Å². The van der Waals surface area contributed by atoms with Gasteiger partial charge in [0.1, 0.15) is 0 Å². The number of hydrogen-bond donors (Lipinski definition) is 2. The van der Waals surface area contributed by atoms with Crippen LogP contribution in [0.25, 0.3) is 0 Å². The number of rotatable bonds is 3. The van der Waals surface area contributed by atoms with Crippen LogP contribution < -0.4 is 11.1 Å². The third kappa shape index (κ3) is 3.28. The molecule has 1 saturated heterocycles. The van der Waals surface area contributed by atoms with E-state index in [9.17, 15) is 4.79 Å². The summed E-state index contributed by atoms with van der Waals surface area (Å²) >= 11 is 5.14. The van der Waals surface area contributed by atoms with Crippen LogP contribution in [-0.4, -0.2) is 37.0 Å². The van der Waals surface area contributed by atoms with Gasteiger partial charge in [-0.3, -0.25) is 9.69 Å². The largest absolute Gasteiger partial charge is 0.355 e. The van der Waals surface area contributed by atoms with Gasteiger partial charge in [0, 0.05) is 34.4 Å². The van der Waals surface area contributed by atoms with E-state index in [1.54, 1.807) is 11.3 Å². The number of nitrogens with two attached hydrogens (primary N) is 1. The molecule has 1 amide bonds. The number of thiophene rings is 1. The lowest BCUT2D eigenvalue weighted by atomic mass is 10.2. The molecule has 1 unspecified atom stereocenters. The number of nitrogens with one attached hydrogen (secondary N) is 1. The summed E-state index contributed by atoms with van der Waals surface area (Å²) in [5, 5.41) is 4.93. The zero-order valence-electron chi connectivity index (χ0n) is 9.49. The average Bonchev–Trinajstić information content (AvgIpc) is 2.59. The van der Waals surface area contributed by atoms with E-state index in [4.69, 9.17) is 5.73 Å². The van der Waals surface area contributed by atoms with E-state index in [0.29, 0.717) is 13.1 Å². The molecule has 1 aliphatic rings. The Balaban J connectivity index is 2.14. The minimum atomic E-state index is 0.0940. The van der Waals surface area contributed by atoms with Gasteiger partial charge < -0.3 is 11.1 Å². The average molecular weight is 318 g/mol. The van der Waals surface area contributed by atoms with E-state index in [0.717, 1.165) is 24.0 Å². The van der Waals surface area contributed by atoms with E-state index in [-0.39, 0.29) is 11.9 Å². The third-order valence-electron chi connectivity index (χ3n) is 2.87. The Kier molecular flexibility index (Phi) is 4.55. The molecular weight excluding hydrogens is 302 g/mol. The van der Waals surface area contributed by atoms with Crippen molar-refractivity contribution in [1.29, 1.82) is 0 Å². The minimum Gasteiger partial charge on any atom is -0.355 e. The van der Waals surface area contributed by atoms with Gasteiger partial charge in [-0.05, 0) is 28.4 Å². The number of carbonyl (C=O) groups is 1. The van der Waals surface area contributed by atoms with Gasteiger partial charge in [-0.1, -0.05) is 0 Å². The lowest BCUT2D eigenvalue weighted by Gasteiger charge is -2.27. The maximum atomic E-state index is 11.6. The fourth-order valence-corrected chi connectivity index (χ4v) is 3.64. The molecule has 0 aromatic carbocycles. The molecule has 94 valence electrons. The summed E-state index contributed by atoms with van der Waals surface area (Å²) in [6, 6.07) is 2.24. The summed E-state index contributed by atoms with van der Waals surface area (Å²) in [6.07, 6.45) is 0.981. The van der Waals surface area contributed by atoms with Gasteiger partial charge in [-0.15, -0.1) is 11.3 Å². The van der Waals surface area contributed by atoms with Crippen LogP contribution in [0.2, 0.25) is 0 Å². The predicted molar refractivity (Wildman–Crippen MR) is 73.0 cm³/mol. The van der Waals surface area contributed by atoms with Crippen LogP contribution in [0.1, 0.15) is 17.3 Å². The van der Waals surface area contributed by atoms with Gasteiger partial charge in [-0.25, -0.2) is 0 Å². The van der Waals surface area contributed by atoms with Gasteiger partial charge in [-0.2, -0.15) is 0 Å². The molecule has 1 aliphatic heterocycles. The van der Waals surface area contributed by atoms with Crippen LogP contribution in [0.15, 0.2) is 15.9 Å². The van der Waals surface area contributed by atoms with Crippen molar-refractivity contribution in [3.05, 3.63) is 20.8 Å². The second kappa shape index (κ2) is 5.95. The Hall–Kier alpha value is -0.430. The molecule has 1 aromatic rings. The SMILES string of the molecule is NCC(c1cc(Br)cs1)N1CCCNC(=O)C1. The van der Waals surface area contributed by atoms with Crippen LogP contribution in [0.5, 0.6) is 0 Å². The number of amides is 1. The Labute approximate surface area is 113 Å². The molecule has 2 rings (SSSR count). The smallest absolute Gasteiger partial charge is 0.234 e. The predicted octanol–water partition coefficient (Wildman–Crippen LogP) is 1.33. The Morgan fingerprint density at radius 3 is 3.12 bits per heavy atom. The highest BCUT2D eigenvalue weighted by Gasteiger charge is 2.24. The van der Waals surface area contributed by atoms with Gasteiger partial charge in [0.2, 0.25) is 5.91 Å². The van der Waals surface area contributed by atoms with Crippen molar-refractivity contribution in [2.45, 2.75) is 12.5 Å². The first-order valence-corrected chi connectivity index (χ1v) is 7.32. The maximum Gasteiger partial charge on any atom is 0.234 e. The minimum absolute atomic E-state index is 0.0940. The normalized spacial score (nSPS) is 19.8. The highest BCUT2D eigenvalue weighted by Crippen LogP contribution is 2.29. The van der Waals surface area contributed by atoms with Crippen LogP contribution in [-0.2, 0) is 4.79 Å². The van der Waals surface area contributed by atoms with E-state index >= 15 is 0 Å². The first-order valence-electron chi connectivity index (χ1n) is 5.65.